The molecule has 0 aliphatic carbocycles. The Morgan fingerprint density at radius 2 is 2.00 bits per heavy atom. The van der Waals surface area contributed by atoms with E-state index in [1.165, 1.54) is 11.3 Å². The molecule has 1 atom stereocenters. The average molecular weight is 275 g/mol. The maximum Gasteiger partial charge on any atom is 0.261 e. The van der Waals surface area contributed by atoms with Crippen molar-refractivity contribution in [2.45, 2.75) is 20.0 Å². The molecule has 3 nitrogen and oxygen atoms in total. The molecule has 0 aliphatic rings. The number of thiophene rings is 1. The van der Waals surface area contributed by atoms with Gasteiger partial charge in [-0.1, -0.05) is 30.3 Å². The zero-order valence-electron chi connectivity index (χ0n) is 11.0. The molecule has 0 aliphatic heterocycles. The zero-order valence-corrected chi connectivity index (χ0v) is 11.8. The minimum absolute atomic E-state index is 0.129. The number of amides is 1. The summed E-state index contributed by atoms with van der Waals surface area (Å²) < 4.78 is 0. The van der Waals surface area contributed by atoms with Crippen molar-refractivity contribution in [1.29, 1.82) is 0 Å². The summed E-state index contributed by atoms with van der Waals surface area (Å²) in [4.78, 5) is 13.8. The van der Waals surface area contributed by atoms with Gasteiger partial charge in [-0.05, 0) is 31.0 Å². The van der Waals surface area contributed by atoms with Gasteiger partial charge in [-0.15, -0.1) is 11.3 Å². The number of carbonyl (C=O) groups excluding carboxylic acids is 1. The van der Waals surface area contributed by atoms with E-state index in [-0.39, 0.29) is 12.5 Å². The molecule has 2 aromatic rings. The second-order valence-corrected chi connectivity index (χ2v) is 5.74. The maximum atomic E-state index is 11.9. The van der Waals surface area contributed by atoms with Gasteiger partial charge < -0.3 is 10.4 Å². The van der Waals surface area contributed by atoms with E-state index in [1.54, 1.807) is 0 Å². The van der Waals surface area contributed by atoms with Crippen LogP contribution in [0.15, 0.2) is 36.4 Å². The predicted molar refractivity (Wildman–Crippen MR) is 77.5 cm³/mol. The van der Waals surface area contributed by atoms with E-state index in [0.29, 0.717) is 4.88 Å². The molecule has 4 heteroatoms. The second kappa shape index (κ2) is 5.99. The second-order valence-electron chi connectivity index (χ2n) is 4.49. The lowest BCUT2D eigenvalue weighted by Crippen LogP contribution is -2.27. The van der Waals surface area contributed by atoms with E-state index >= 15 is 0 Å². The molecule has 0 spiro atoms. The Morgan fingerprint density at radius 3 is 2.58 bits per heavy atom. The summed E-state index contributed by atoms with van der Waals surface area (Å²) in [6.45, 7) is 4.20. The minimum Gasteiger partial charge on any atom is -0.387 e. The van der Waals surface area contributed by atoms with E-state index in [1.807, 2.05) is 50.2 Å². The molecule has 1 aromatic carbocycles. The first kappa shape index (κ1) is 13.8. The van der Waals surface area contributed by atoms with Crippen LogP contribution in [0, 0.1) is 13.8 Å². The standard InChI is InChI=1S/C15H17NO2S/c1-10-8-14(19-11(10)2)15(18)16-9-13(17)12-6-4-3-5-7-12/h3-8,13,17H,9H2,1-2H3,(H,16,18)/t13-/m0/s1. The third-order valence-corrected chi connectivity index (χ3v) is 4.18. The largest absolute Gasteiger partial charge is 0.387 e. The van der Waals surface area contributed by atoms with E-state index in [4.69, 9.17) is 0 Å². The van der Waals surface area contributed by atoms with Crippen LogP contribution in [0.4, 0.5) is 0 Å². The van der Waals surface area contributed by atoms with Crippen molar-refractivity contribution in [1.82, 2.24) is 5.32 Å². The van der Waals surface area contributed by atoms with Crippen molar-refractivity contribution in [2.75, 3.05) is 6.54 Å². The molecule has 2 N–H and O–H groups in total. The Balaban J connectivity index is 1.94. The van der Waals surface area contributed by atoms with Crippen LogP contribution in [0.1, 0.15) is 31.8 Å². The molecular weight excluding hydrogens is 258 g/mol. The molecule has 1 aromatic heterocycles. The monoisotopic (exact) mass is 275 g/mol. The van der Waals surface area contributed by atoms with Crippen LogP contribution in [0.25, 0.3) is 0 Å². The van der Waals surface area contributed by atoms with Gasteiger partial charge in [0.25, 0.3) is 5.91 Å². The molecule has 0 saturated carbocycles. The van der Waals surface area contributed by atoms with Gasteiger partial charge in [0.15, 0.2) is 0 Å². The molecule has 2 rings (SSSR count). The Hall–Kier alpha value is -1.65. The van der Waals surface area contributed by atoms with Gasteiger partial charge in [0.2, 0.25) is 0 Å². The molecule has 19 heavy (non-hydrogen) atoms. The van der Waals surface area contributed by atoms with Crippen molar-refractivity contribution >= 4 is 17.2 Å². The number of hydrogen-bond acceptors (Lipinski definition) is 3. The number of nitrogens with one attached hydrogen (secondary N) is 1. The fourth-order valence-electron chi connectivity index (χ4n) is 1.75. The van der Waals surface area contributed by atoms with Gasteiger partial charge in [0, 0.05) is 11.4 Å². The number of aryl methyl sites for hydroxylation is 2. The molecular formula is C15H17NO2S. The van der Waals surface area contributed by atoms with Crippen LogP contribution in [-0.4, -0.2) is 17.6 Å². The van der Waals surface area contributed by atoms with Gasteiger partial charge in [-0.25, -0.2) is 0 Å². The first-order chi connectivity index (χ1) is 9.08. The highest BCUT2D eigenvalue weighted by Gasteiger charge is 2.13. The van der Waals surface area contributed by atoms with E-state index < -0.39 is 6.10 Å². The Labute approximate surface area is 116 Å². The number of rotatable bonds is 4. The average Bonchev–Trinajstić information content (AvgIpc) is 2.77. The number of benzene rings is 1. The topological polar surface area (TPSA) is 49.3 Å². The Bertz CT molecular complexity index is 543. The van der Waals surface area contributed by atoms with Crippen molar-refractivity contribution in [3.05, 3.63) is 57.3 Å². The molecule has 0 radical (unpaired) electrons. The fourth-order valence-corrected chi connectivity index (χ4v) is 2.70. The van der Waals surface area contributed by atoms with Crippen molar-refractivity contribution in [2.24, 2.45) is 0 Å². The van der Waals surface area contributed by atoms with Crippen LogP contribution in [-0.2, 0) is 0 Å². The maximum absolute atomic E-state index is 11.9. The van der Waals surface area contributed by atoms with Gasteiger partial charge in [0.05, 0.1) is 11.0 Å². The highest BCUT2D eigenvalue weighted by Crippen LogP contribution is 2.20. The molecule has 0 saturated heterocycles. The Kier molecular flexibility index (Phi) is 4.35. The quantitative estimate of drug-likeness (QED) is 0.901. The number of aliphatic hydroxyl groups is 1. The van der Waals surface area contributed by atoms with Crippen LogP contribution in [0.2, 0.25) is 0 Å². The van der Waals surface area contributed by atoms with E-state index in [0.717, 1.165) is 16.0 Å². The van der Waals surface area contributed by atoms with E-state index in [2.05, 4.69) is 5.32 Å². The summed E-state index contributed by atoms with van der Waals surface area (Å²) in [5, 5.41) is 12.7. The van der Waals surface area contributed by atoms with Crippen LogP contribution >= 0.6 is 11.3 Å². The number of hydrogen-bond donors (Lipinski definition) is 2. The zero-order chi connectivity index (χ0) is 13.8. The normalized spacial score (nSPS) is 12.2. The highest BCUT2D eigenvalue weighted by molar-refractivity contribution is 7.14. The van der Waals surface area contributed by atoms with Gasteiger partial charge in [-0.3, -0.25) is 4.79 Å². The summed E-state index contributed by atoms with van der Waals surface area (Å²) in [6, 6.07) is 11.2. The molecule has 0 fully saturated rings. The minimum atomic E-state index is -0.674. The molecule has 100 valence electrons. The number of aliphatic hydroxyl groups excluding tert-OH is 1. The lowest BCUT2D eigenvalue weighted by molar-refractivity contribution is 0.0920. The first-order valence-electron chi connectivity index (χ1n) is 6.16. The van der Waals surface area contributed by atoms with Crippen LogP contribution in [0.3, 0.4) is 0 Å². The molecule has 1 heterocycles. The summed E-state index contributed by atoms with van der Waals surface area (Å²) >= 11 is 1.48. The molecule has 0 bridgehead atoms. The fraction of sp³-hybridized carbons (Fsp3) is 0.267. The summed E-state index contributed by atoms with van der Waals surface area (Å²) in [5.74, 6) is -0.129. The van der Waals surface area contributed by atoms with Gasteiger partial charge in [-0.2, -0.15) is 0 Å². The third-order valence-electron chi connectivity index (χ3n) is 3.03. The third kappa shape index (κ3) is 3.43. The predicted octanol–water partition coefficient (Wildman–Crippen LogP) is 2.83. The Morgan fingerprint density at radius 1 is 1.32 bits per heavy atom. The van der Waals surface area contributed by atoms with E-state index in [9.17, 15) is 9.90 Å². The van der Waals surface area contributed by atoms with Gasteiger partial charge in [0.1, 0.15) is 0 Å². The molecule has 1 amide bonds. The SMILES string of the molecule is Cc1cc(C(=O)NC[C@H](O)c2ccccc2)sc1C. The highest BCUT2D eigenvalue weighted by atomic mass is 32.1. The summed E-state index contributed by atoms with van der Waals surface area (Å²) in [7, 11) is 0. The summed E-state index contributed by atoms with van der Waals surface area (Å²) in [5.41, 5.74) is 1.93. The molecule has 0 unspecified atom stereocenters. The van der Waals surface area contributed by atoms with Crippen LogP contribution < -0.4 is 5.32 Å². The lowest BCUT2D eigenvalue weighted by Gasteiger charge is -2.11. The van der Waals surface area contributed by atoms with Crippen molar-refractivity contribution in [3.63, 3.8) is 0 Å². The van der Waals surface area contributed by atoms with Crippen molar-refractivity contribution < 1.29 is 9.90 Å². The number of carbonyl (C=O) groups is 1. The summed E-state index contributed by atoms with van der Waals surface area (Å²) in [6.07, 6.45) is -0.674. The lowest BCUT2D eigenvalue weighted by atomic mass is 10.1. The smallest absolute Gasteiger partial charge is 0.261 e. The first-order valence-corrected chi connectivity index (χ1v) is 6.98. The van der Waals surface area contributed by atoms with Crippen molar-refractivity contribution in [3.8, 4) is 0 Å². The van der Waals surface area contributed by atoms with Gasteiger partial charge >= 0.3 is 0 Å². The van der Waals surface area contributed by atoms with Crippen LogP contribution in [0.5, 0.6) is 0 Å².